The van der Waals surface area contributed by atoms with Gasteiger partial charge in [-0.1, -0.05) is 44.4 Å². The van der Waals surface area contributed by atoms with Crippen molar-refractivity contribution in [2.24, 2.45) is 0 Å². The van der Waals surface area contributed by atoms with Gasteiger partial charge in [0, 0.05) is 60.0 Å². The molecule has 4 nitrogen and oxygen atoms in total. The third kappa shape index (κ3) is 5.59. The second-order valence-electron chi connectivity index (χ2n) is 11.8. The zero-order chi connectivity index (χ0) is 27.0. The zero-order valence-electron chi connectivity index (χ0n) is 23.0. The molecule has 2 aromatic carbocycles. The van der Waals surface area contributed by atoms with Crippen LogP contribution < -0.4 is 4.74 Å². The van der Waals surface area contributed by atoms with E-state index >= 15 is 8.78 Å². The van der Waals surface area contributed by atoms with E-state index in [4.69, 9.17) is 4.74 Å². The van der Waals surface area contributed by atoms with Gasteiger partial charge < -0.3 is 9.72 Å². The summed E-state index contributed by atoms with van der Waals surface area (Å²) in [4.78, 5) is 7.62. The topological polar surface area (TPSA) is 31.5 Å². The summed E-state index contributed by atoms with van der Waals surface area (Å²) in [5, 5.41) is 1.04. The van der Waals surface area contributed by atoms with Crippen molar-refractivity contribution in [1.29, 1.82) is 0 Å². The number of benzene rings is 2. The summed E-state index contributed by atoms with van der Waals surface area (Å²) in [6.07, 6.45) is 5.46. The molecule has 1 N–H and O–H groups in total. The molecular weight excluding hydrogens is 487 g/mol. The highest BCUT2D eigenvalue weighted by Gasteiger charge is 2.41. The van der Waals surface area contributed by atoms with Crippen molar-refractivity contribution in [2.75, 3.05) is 26.2 Å². The highest BCUT2D eigenvalue weighted by molar-refractivity contribution is 5.85. The third-order valence-corrected chi connectivity index (χ3v) is 7.96. The van der Waals surface area contributed by atoms with Crippen LogP contribution in [-0.4, -0.2) is 58.8 Å². The van der Waals surface area contributed by atoms with Crippen LogP contribution >= 0.6 is 0 Å². The fourth-order valence-electron chi connectivity index (χ4n) is 6.12. The maximum absolute atomic E-state index is 15.8. The molecule has 2 atom stereocenters. The number of H-pyrrole nitrogens is 1. The Balaban J connectivity index is 1.41. The Morgan fingerprint density at radius 1 is 1.05 bits per heavy atom. The van der Waals surface area contributed by atoms with Crippen LogP contribution in [0.15, 0.2) is 36.4 Å². The molecule has 0 amide bonds. The molecule has 0 radical (unpaired) electrons. The average molecular weight is 528 g/mol. The second kappa shape index (κ2) is 10.9. The molecule has 7 heteroatoms. The first-order valence-electron chi connectivity index (χ1n) is 14.1. The van der Waals surface area contributed by atoms with Crippen molar-refractivity contribution in [3.05, 3.63) is 64.9 Å². The Hall–Kier alpha value is -2.51. The lowest BCUT2D eigenvalue weighted by Gasteiger charge is -2.43. The van der Waals surface area contributed by atoms with Gasteiger partial charge in [-0.2, -0.15) is 0 Å². The molecule has 0 bridgehead atoms. The van der Waals surface area contributed by atoms with E-state index in [0.717, 1.165) is 41.8 Å². The number of nitrogens with one attached hydrogen (secondary N) is 1. The summed E-state index contributed by atoms with van der Waals surface area (Å²) in [7, 11) is 0. The molecule has 0 spiro atoms. The first kappa shape index (κ1) is 27.1. The van der Waals surface area contributed by atoms with E-state index in [0.29, 0.717) is 6.42 Å². The summed E-state index contributed by atoms with van der Waals surface area (Å²) in [6, 6.07) is 9.61. The molecule has 2 aliphatic heterocycles. The molecule has 206 valence electrons. The van der Waals surface area contributed by atoms with E-state index < -0.39 is 23.3 Å². The zero-order valence-corrected chi connectivity index (χ0v) is 23.0. The normalized spacial score (nSPS) is 21.0. The summed E-state index contributed by atoms with van der Waals surface area (Å²) >= 11 is 0. The van der Waals surface area contributed by atoms with Crippen LogP contribution in [-0.2, 0) is 6.42 Å². The number of para-hydroxylation sites is 1. The smallest absolute Gasteiger partial charge is 0.135 e. The fraction of sp³-hybridized carbons (Fsp3) is 0.548. The fourth-order valence-corrected chi connectivity index (χ4v) is 6.12. The number of unbranched alkanes of at least 4 members (excludes halogenated alkanes) is 3. The van der Waals surface area contributed by atoms with Gasteiger partial charge in [0.05, 0.1) is 6.04 Å². The van der Waals surface area contributed by atoms with Gasteiger partial charge in [0.2, 0.25) is 0 Å². The van der Waals surface area contributed by atoms with Crippen LogP contribution in [0.25, 0.3) is 10.9 Å². The molecule has 2 aliphatic rings. The predicted molar refractivity (Wildman–Crippen MR) is 147 cm³/mol. The summed E-state index contributed by atoms with van der Waals surface area (Å²) in [6.45, 7) is 9.85. The number of hydrogen-bond acceptors (Lipinski definition) is 3. The van der Waals surface area contributed by atoms with E-state index in [1.807, 2.05) is 36.1 Å². The summed E-state index contributed by atoms with van der Waals surface area (Å²) in [5.74, 6) is -1.13. The molecule has 1 fully saturated rings. The van der Waals surface area contributed by atoms with Crippen molar-refractivity contribution < 1.29 is 17.9 Å². The second-order valence-corrected chi connectivity index (χ2v) is 11.8. The number of nitrogens with zero attached hydrogens (tertiary/aromatic N) is 2. The van der Waals surface area contributed by atoms with Gasteiger partial charge in [0.15, 0.2) is 0 Å². The van der Waals surface area contributed by atoms with Gasteiger partial charge in [-0.15, -0.1) is 0 Å². The Bertz CT molecular complexity index is 1240. The Morgan fingerprint density at radius 3 is 2.45 bits per heavy atom. The largest absolute Gasteiger partial charge is 0.488 e. The van der Waals surface area contributed by atoms with Gasteiger partial charge in [-0.3, -0.25) is 9.80 Å². The van der Waals surface area contributed by atoms with Gasteiger partial charge in [0.1, 0.15) is 29.2 Å². The third-order valence-electron chi connectivity index (χ3n) is 7.96. The SMILES string of the molecule is CCCCCCN1CC(Oc2cc(F)c([C@@H]3c4[nH]c5ccccc5c4C[C@@H](C)N3CC(C)(C)F)c(F)c2)C1. The standard InChI is InChI=1S/C31H40F3N3O/c1-5-6-7-10-13-36-17-22(18-36)38-21-15-25(32)28(26(33)16-21)30-29-24(23-11-8-9-12-27(23)35-29)14-20(2)37(30)19-31(3,4)34/h8-9,11-12,15-16,20,22,30,35H,5-7,10,13-14,17-19H2,1-4H3/t20-,30-/m1/s1. The van der Waals surface area contributed by atoms with E-state index in [2.05, 4.69) is 16.8 Å². The van der Waals surface area contributed by atoms with Crippen LogP contribution in [0.3, 0.4) is 0 Å². The summed E-state index contributed by atoms with van der Waals surface area (Å²) in [5.41, 5.74) is 1.10. The van der Waals surface area contributed by atoms with Crippen molar-refractivity contribution in [2.45, 2.75) is 83.7 Å². The molecule has 5 rings (SSSR count). The number of hydrogen-bond donors (Lipinski definition) is 1. The van der Waals surface area contributed by atoms with Gasteiger partial charge in [-0.25, -0.2) is 13.2 Å². The molecule has 3 aromatic rings. The highest BCUT2D eigenvalue weighted by atomic mass is 19.1. The van der Waals surface area contributed by atoms with Gasteiger partial charge in [-0.05, 0) is 51.8 Å². The molecule has 1 saturated heterocycles. The number of rotatable bonds is 10. The lowest BCUT2D eigenvalue weighted by Crippen LogP contribution is -2.53. The average Bonchev–Trinajstić information content (AvgIpc) is 3.18. The van der Waals surface area contributed by atoms with Crippen molar-refractivity contribution in [3.8, 4) is 5.75 Å². The number of aromatic nitrogens is 1. The van der Waals surface area contributed by atoms with Crippen LogP contribution in [0, 0.1) is 11.6 Å². The number of halogens is 3. The molecule has 0 saturated carbocycles. The minimum Gasteiger partial charge on any atom is -0.488 e. The van der Waals surface area contributed by atoms with Crippen LogP contribution in [0.1, 0.15) is 76.2 Å². The van der Waals surface area contributed by atoms with Crippen molar-refractivity contribution >= 4 is 10.9 Å². The molecule has 1 aromatic heterocycles. The van der Waals surface area contributed by atoms with E-state index in [-0.39, 0.29) is 30.0 Å². The Kier molecular flexibility index (Phi) is 7.79. The first-order valence-corrected chi connectivity index (χ1v) is 14.1. The maximum Gasteiger partial charge on any atom is 0.135 e. The number of aromatic amines is 1. The van der Waals surface area contributed by atoms with Gasteiger partial charge in [0.25, 0.3) is 0 Å². The number of alkyl halides is 1. The minimum atomic E-state index is -1.53. The Labute approximate surface area is 224 Å². The molecular formula is C31H40F3N3O. The highest BCUT2D eigenvalue weighted by Crippen LogP contribution is 2.43. The number of likely N-dealkylation sites (tertiary alicyclic amines) is 1. The van der Waals surface area contributed by atoms with Crippen LogP contribution in [0.2, 0.25) is 0 Å². The van der Waals surface area contributed by atoms with Gasteiger partial charge >= 0.3 is 0 Å². The van der Waals surface area contributed by atoms with Crippen LogP contribution in [0.5, 0.6) is 5.75 Å². The van der Waals surface area contributed by atoms with Crippen LogP contribution in [0.4, 0.5) is 13.2 Å². The molecule has 0 aliphatic carbocycles. The summed E-state index contributed by atoms with van der Waals surface area (Å²) < 4.78 is 52.5. The first-order chi connectivity index (χ1) is 18.1. The molecule has 38 heavy (non-hydrogen) atoms. The Morgan fingerprint density at radius 2 is 1.76 bits per heavy atom. The van der Waals surface area contributed by atoms with E-state index in [1.165, 1.54) is 51.7 Å². The predicted octanol–water partition coefficient (Wildman–Crippen LogP) is 7.17. The van der Waals surface area contributed by atoms with Crippen molar-refractivity contribution in [3.63, 3.8) is 0 Å². The molecule has 3 heterocycles. The maximum atomic E-state index is 15.8. The van der Waals surface area contributed by atoms with E-state index in [1.54, 1.807) is 0 Å². The minimum absolute atomic E-state index is 0.0565. The monoisotopic (exact) mass is 527 g/mol. The van der Waals surface area contributed by atoms with E-state index in [9.17, 15) is 4.39 Å². The number of ether oxygens (including phenoxy) is 1. The van der Waals surface area contributed by atoms with Crippen molar-refractivity contribution in [1.82, 2.24) is 14.8 Å². The lowest BCUT2D eigenvalue weighted by atomic mass is 9.87. The quantitative estimate of drug-likeness (QED) is 0.284. The number of fused-ring (bicyclic) bond motifs is 3. The molecule has 0 unspecified atom stereocenters. The lowest BCUT2D eigenvalue weighted by molar-refractivity contribution is 0.0185.